The van der Waals surface area contributed by atoms with Gasteiger partial charge in [-0.2, -0.15) is 0 Å². The number of unbranched alkanes of at least 4 members (excludes halogenated alkanes) is 1. The van der Waals surface area contributed by atoms with Gasteiger partial charge in [0.2, 0.25) is 23.6 Å². The number of aromatic nitrogens is 8. The molecule has 2 aromatic carbocycles. The van der Waals surface area contributed by atoms with Gasteiger partial charge in [0.15, 0.2) is 17.1 Å². The van der Waals surface area contributed by atoms with E-state index < -0.39 is 86.8 Å². The Balaban J connectivity index is 0.000000998. The molecule has 2 unspecified atom stereocenters. The molecule has 2 saturated heterocycles. The number of fused-ring (bicyclic) bond motifs is 2. The minimum atomic E-state index is -2.14. The van der Waals surface area contributed by atoms with Crippen molar-refractivity contribution in [1.29, 1.82) is 0 Å². The first-order chi connectivity index (χ1) is 61.1. The zero-order chi connectivity index (χ0) is 92.8. The minimum Gasteiger partial charge on any atom is -0.768 e. The van der Waals surface area contributed by atoms with Crippen LogP contribution in [0.4, 0.5) is 0 Å². The lowest BCUT2D eigenvalue weighted by Crippen LogP contribution is -2.55. The highest BCUT2D eigenvalue weighted by Gasteiger charge is 2.43. The van der Waals surface area contributed by atoms with Crippen LogP contribution in [-0.2, 0) is 124 Å². The number of hydrogen-bond donors (Lipinski definition) is 6. The molecular formula is C88H118N14O22S4-2. The average molecular weight is 1850 g/mol. The largest absolute Gasteiger partial charge is 0.768 e. The number of benzene rings is 2. The van der Waals surface area contributed by atoms with E-state index in [4.69, 9.17) is 37.9 Å². The van der Waals surface area contributed by atoms with Gasteiger partial charge in [-0.15, -0.1) is 23.5 Å². The van der Waals surface area contributed by atoms with Gasteiger partial charge in [-0.3, -0.25) is 66.9 Å². The summed E-state index contributed by atoms with van der Waals surface area (Å²) < 4.78 is 90.7. The highest BCUT2D eigenvalue weighted by Crippen LogP contribution is 2.35. The Morgan fingerprint density at radius 3 is 1.30 bits per heavy atom. The molecule has 6 atom stereocenters. The van der Waals surface area contributed by atoms with E-state index in [-0.39, 0.29) is 127 Å². The standard InChI is InChI=1S/C78H110N12O18S2.2C5H5NO2S/c1-75(2,3)107-71(97)59(85-69(95)65-77(7,8)109-51-83-65)47-53-21-25-55(26-22-53)89-67-61(19-13-31-81-67)87(73(89)99)49-58(92)18-15-36-102-43-44-104-38-29-57(91)17-11-12-35-101-41-42-103-37-16-33-79-63(93)30-39-105-45-46-106-40-34-80-64(94)50-88-62-20-14-32-82-68(62)90(74(88)100)56-27-23-54(24-28-56)48-60(72(98)108-76(4,5)6)86-70(96)66-78(9,10)110-52-84-66;2*7-9(8)5-2-1-3-6-4-5/h13-14,19-28,31-32,59-60,65-66,83-84H,11-12,15-18,29-30,33-52H2,1-10H3,(H,79,93)(H,80,94)(H,85,95)(H,86,96);2*1-4H,(H,7,8)/p-2/t59-,60-,65+,66+;;/m0../s1. The predicted molar refractivity (Wildman–Crippen MR) is 481 cm³/mol. The molecule has 0 spiro atoms. The van der Waals surface area contributed by atoms with E-state index in [1.807, 2.05) is 27.7 Å². The molecule has 8 aromatic rings. The van der Waals surface area contributed by atoms with Crippen molar-refractivity contribution in [1.82, 2.24) is 70.1 Å². The van der Waals surface area contributed by atoms with Crippen LogP contribution in [-0.4, -0.2) is 252 Å². The second kappa shape index (κ2) is 52.3. The van der Waals surface area contributed by atoms with E-state index in [1.165, 1.54) is 55.2 Å². The molecule has 8 heterocycles. The molecule has 6 N–H and O–H groups in total. The zero-order valence-electron chi connectivity index (χ0n) is 74.0. The summed E-state index contributed by atoms with van der Waals surface area (Å²) >= 11 is -1.03. The summed E-state index contributed by atoms with van der Waals surface area (Å²) in [4.78, 5) is 149. The van der Waals surface area contributed by atoms with Crippen molar-refractivity contribution < 1.29 is 93.8 Å². The number of imidazole rings is 2. The molecule has 40 heteroatoms. The van der Waals surface area contributed by atoms with Gasteiger partial charge < -0.3 is 68.3 Å². The topological polar surface area (TPSA) is 468 Å². The van der Waals surface area contributed by atoms with E-state index in [0.717, 1.165) is 17.5 Å². The zero-order valence-corrected chi connectivity index (χ0v) is 77.3. The number of Topliss-reactive ketones (excluding diaryl/α,β-unsaturated/α-hetero) is 2. The average Bonchev–Trinajstić information content (AvgIpc) is 1.61. The van der Waals surface area contributed by atoms with Gasteiger partial charge in [0.1, 0.15) is 47.7 Å². The number of hydrogen-bond acceptors (Lipinski definition) is 30. The van der Waals surface area contributed by atoms with Gasteiger partial charge in [-0.25, -0.2) is 38.3 Å². The van der Waals surface area contributed by atoms with Crippen LogP contribution in [0.15, 0.2) is 154 Å². The van der Waals surface area contributed by atoms with Crippen LogP contribution in [0.3, 0.4) is 0 Å². The van der Waals surface area contributed by atoms with Crippen LogP contribution >= 0.6 is 23.5 Å². The lowest BCUT2D eigenvalue weighted by molar-refractivity contribution is -0.159. The summed E-state index contributed by atoms with van der Waals surface area (Å²) in [6, 6.07) is 24.1. The molecular weight excluding hydrogens is 1730 g/mol. The first-order valence-electron chi connectivity index (χ1n) is 42.2. The summed E-state index contributed by atoms with van der Waals surface area (Å²) in [6.45, 7) is 22.6. The number of thioether (sulfide) groups is 2. The fourth-order valence-electron chi connectivity index (χ4n) is 13.2. The number of pyridine rings is 4. The quantitative estimate of drug-likeness (QED) is 0.0140. The lowest BCUT2D eigenvalue weighted by atomic mass is 10.0. The van der Waals surface area contributed by atoms with Gasteiger partial charge in [0.25, 0.3) is 0 Å². The molecule has 0 radical (unpaired) electrons. The molecule has 4 amide bonds. The summed E-state index contributed by atoms with van der Waals surface area (Å²) in [6.07, 6.45) is 12.7. The fourth-order valence-corrected chi connectivity index (χ4v) is 15.8. The van der Waals surface area contributed by atoms with Crippen molar-refractivity contribution in [2.45, 2.75) is 201 Å². The Bertz CT molecular complexity index is 4770. The molecule has 0 bridgehead atoms. The summed E-state index contributed by atoms with van der Waals surface area (Å²) in [5.41, 5.74) is 1.70. The van der Waals surface area contributed by atoms with Gasteiger partial charge >= 0.3 is 23.3 Å². The second-order valence-corrected chi connectivity index (χ2v) is 37.9. The molecule has 2 aliphatic heterocycles. The summed E-state index contributed by atoms with van der Waals surface area (Å²) in [5.74, 6) is -1.07. The third kappa shape index (κ3) is 34.7. The Morgan fingerprint density at radius 1 is 0.477 bits per heavy atom. The second-order valence-electron chi connectivity index (χ2n) is 32.8. The van der Waals surface area contributed by atoms with Crippen molar-refractivity contribution in [3.05, 3.63) is 166 Å². The number of amides is 4. The molecule has 2 aliphatic rings. The van der Waals surface area contributed by atoms with E-state index in [0.29, 0.717) is 130 Å². The maximum absolute atomic E-state index is 14.0. The van der Waals surface area contributed by atoms with Crippen LogP contribution in [0, 0.1) is 0 Å². The maximum Gasteiger partial charge on any atom is 0.335 e. The van der Waals surface area contributed by atoms with Crippen molar-refractivity contribution in [3.8, 4) is 11.4 Å². The molecule has 0 aliphatic carbocycles. The Hall–Kier alpha value is -9.66. The molecule has 6 aromatic heterocycles. The van der Waals surface area contributed by atoms with Crippen LogP contribution < -0.4 is 43.3 Å². The van der Waals surface area contributed by atoms with Crippen LogP contribution in [0.1, 0.15) is 132 Å². The van der Waals surface area contributed by atoms with Gasteiger partial charge in [-0.05, 0) is 201 Å². The van der Waals surface area contributed by atoms with E-state index >= 15 is 0 Å². The van der Waals surface area contributed by atoms with Crippen molar-refractivity contribution in [3.63, 3.8) is 0 Å². The fraction of sp³-hybridized carbons (Fsp3) is 0.523. The third-order valence-corrected chi connectivity index (χ3v) is 23.4. The first kappa shape index (κ1) is 104. The van der Waals surface area contributed by atoms with Crippen LogP contribution in [0.5, 0.6) is 0 Å². The Kier molecular flexibility index (Phi) is 42.3. The Morgan fingerprint density at radius 2 is 0.883 bits per heavy atom. The predicted octanol–water partition coefficient (Wildman–Crippen LogP) is 6.24. The number of nitrogens with zero attached hydrogens (tertiary/aromatic N) is 8. The molecule has 2 fully saturated rings. The van der Waals surface area contributed by atoms with Crippen molar-refractivity contribution in [2.75, 3.05) is 104 Å². The number of ketones is 2. The SMILES string of the molecule is CC(C)(C)OC(=O)[C@H](Cc1ccc(-n2c(=O)n(CC(=O)CCCOCCOCCC(=O)CCCCOCCOCCCNC(=O)CCOCCOCCNC(=O)Cn3c(=O)n(-c4ccc(C[C@H](NC(=O)[C@H]5NCSC5(C)C)C(=O)OC(C)(C)C)cc4)c4ncccc43)c3cccnc32)cc1)NC(=O)[C@H]1NCSC1(C)C.O=S([O-])c1cccnc1.O=S([O-])c1cccnc1. The third-order valence-electron chi connectivity index (χ3n) is 19.5. The van der Waals surface area contributed by atoms with Crippen molar-refractivity contribution in [2.24, 2.45) is 0 Å². The molecule has 128 heavy (non-hydrogen) atoms. The maximum atomic E-state index is 14.0. The smallest absolute Gasteiger partial charge is 0.335 e. The number of nitrogens with one attached hydrogen (secondary N) is 6. The number of esters is 2. The van der Waals surface area contributed by atoms with Crippen LogP contribution in [0.2, 0.25) is 0 Å². The van der Waals surface area contributed by atoms with Gasteiger partial charge in [-0.1, -0.05) is 24.3 Å². The van der Waals surface area contributed by atoms with Gasteiger partial charge in [0, 0.05) is 140 Å². The first-order valence-corrected chi connectivity index (χ1v) is 46.4. The highest BCUT2D eigenvalue weighted by molar-refractivity contribution is 8.01. The number of carbonyl (C=O) groups is 8. The monoisotopic (exact) mass is 1850 g/mol. The van der Waals surface area contributed by atoms with E-state index in [2.05, 4.69) is 51.8 Å². The molecule has 36 nitrogen and oxygen atoms in total. The summed E-state index contributed by atoms with van der Waals surface area (Å²) in [7, 11) is 0. The van der Waals surface area contributed by atoms with Crippen LogP contribution in [0.25, 0.3) is 33.7 Å². The van der Waals surface area contributed by atoms with Gasteiger partial charge in [0.05, 0.1) is 88.4 Å². The number of rotatable bonds is 49. The lowest BCUT2D eigenvalue weighted by Gasteiger charge is -2.28. The number of ether oxygens (including phenoxy) is 8. The number of carbonyl (C=O) groups excluding carboxylic acids is 8. The molecule has 10 rings (SSSR count). The minimum absolute atomic E-state index is 0.102. The van der Waals surface area contributed by atoms with Crippen molar-refractivity contribution >= 4 is 115 Å². The summed E-state index contributed by atoms with van der Waals surface area (Å²) in [5, 5.41) is 17.9. The van der Waals surface area contributed by atoms with E-state index in [1.54, 1.807) is 162 Å². The highest BCUT2D eigenvalue weighted by atomic mass is 32.2. The molecule has 698 valence electrons. The van der Waals surface area contributed by atoms with E-state index in [9.17, 15) is 65.5 Å². The normalized spacial score (nSPS) is 15.6. The molecule has 0 saturated carbocycles. The Labute approximate surface area is 757 Å².